The summed E-state index contributed by atoms with van der Waals surface area (Å²) >= 11 is 2.27. The Balaban J connectivity index is 0.000000270. The first kappa shape index (κ1) is 42.3. The molecule has 1 fully saturated rings. The molecule has 0 bridgehead atoms. The zero-order valence-corrected chi connectivity index (χ0v) is 35.1. The van der Waals surface area contributed by atoms with E-state index in [1.54, 1.807) is 0 Å². The number of aromatic hydroxyl groups is 1. The molecule has 50 heavy (non-hydrogen) atoms. The van der Waals surface area contributed by atoms with Crippen molar-refractivity contribution < 1.29 is 24.3 Å². The average Bonchev–Trinajstić information content (AvgIpc) is 3.79. The van der Waals surface area contributed by atoms with Crippen LogP contribution in [0, 0.1) is 13.0 Å². The van der Waals surface area contributed by atoms with Gasteiger partial charge in [-0.15, -0.1) is 48.1 Å². The molecule has 2 aliphatic carbocycles. The van der Waals surface area contributed by atoms with Crippen LogP contribution in [0.1, 0.15) is 106 Å². The third-order valence-electron chi connectivity index (χ3n) is 10.1. The van der Waals surface area contributed by atoms with Crippen LogP contribution in [0.25, 0.3) is 22.3 Å². The van der Waals surface area contributed by atoms with Gasteiger partial charge in [-0.25, -0.2) is 0 Å². The van der Waals surface area contributed by atoms with Crippen LogP contribution in [0.4, 0.5) is 0 Å². The van der Waals surface area contributed by atoms with Gasteiger partial charge in [-0.2, -0.15) is 17.7 Å². The van der Waals surface area contributed by atoms with E-state index in [9.17, 15) is 5.11 Å². The van der Waals surface area contributed by atoms with Crippen LogP contribution in [-0.2, 0) is 24.6 Å². The summed E-state index contributed by atoms with van der Waals surface area (Å²) in [5, 5.41) is 10.5. The van der Waals surface area contributed by atoms with Gasteiger partial charge in [0.05, 0.1) is 0 Å². The number of phenols is 1. The van der Waals surface area contributed by atoms with E-state index < -0.39 is 0 Å². The van der Waals surface area contributed by atoms with Gasteiger partial charge in [0.2, 0.25) is 0 Å². The van der Waals surface area contributed by atoms with Gasteiger partial charge in [0.15, 0.2) is 0 Å². The molecule has 0 radical (unpaired) electrons. The third-order valence-corrected chi connectivity index (χ3v) is 10.1. The molecule has 1 unspecified atom stereocenters. The third kappa shape index (κ3) is 9.46. The molecule has 265 valence electrons. The summed E-state index contributed by atoms with van der Waals surface area (Å²) in [6.45, 7) is 15.9. The number of likely N-dealkylation sites (tertiary alicyclic amines) is 1. The summed E-state index contributed by atoms with van der Waals surface area (Å²) in [5.74, 6) is 0.360. The normalized spacial score (nSPS) is 16.2. The van der Waals surface area contributed by atoms with Crippen molar-refractivity contribution in [3.05, 3.63) is 124 Å². The van der Waals surface area contributed by atoms with Crippen LogP contribution in [0.15, 0.2) is 90.5 Å². The molecule has 7 rings (SSSR count). The molecular formula is C44H56Cl2NOSiTi. The maximum Gasteiger partial charge on any atom is -0.147 e. The first-order chi connectivity index (χ1) is 23.2. The molecule has 1 N–H and O–H groups in total. The average molecular weight is 762 g/mol. The van der Waals surface area contributed by atoms with Crippen molar-refractivity contribution in [2.75, 3.05) is 13.1 Å². The molecule has 0 amide bonds. The summed E-state index contributed by atoms with van der Waals surface area (Å²) in [6, 6.07) is 30.9. The Hall–Kier alpha value is -2.11. The van der Waals surface area contributed by atoms with E-state index >= 15 is 0 Å². The number of benzene rings is 4. The quantitative estimate of drug-likeness (QED) is 0.143. The molecule has 4 aromatic rings. The molecule has 3 aliphatic rings. The van der Waals surface area contributed by atoms with E-state index in [-0.39, 0.29) is 36.4 Å². The Kier molecular flexibility index (Phi) is 16.6. The largest absolute Gasteiger partial charge is 0.147 e. The van der Waals surface area contributed by atoms with Crippen molar-refractivity contribution in [1.29, 1.82) is 0 Å². The Bertz CT molecular complexity index is 1750. The number of fused-ring (bicyclic) bond motifs is 4. The minimum atomic E-state index is 0. The predicted molar refractivity (Wildman–Crippen MR) is 217 cm³/mol. The Morgan fingerprint density at radius 1 is 0.780 bits per heavy atom. The Morgan fingerprint density at radius 3 is 2.04 bits per heavy atom. The van der Waals surface area contributed by atoms with Gasteiger partial charge in [-0.1, -0.05) is 101 Å². The smallest absolute Gasteiger partial charge is 0.147 e. The van der Waals surface area contributed by atoms with Crippen LogP contribution in [-0.4, -0.2) is 29.3 Å². The number of unbranched alkanes of at least 4 members (excludes halogenated alkanes) is 2. The van der Waals surface area contributed by atoms with Crippen LogP contribution < -0.4 is 0 Å². The molecule has 6 heteroatoms. The van der Waals surface area contributed by atoms with E-state index in [0.717, 1.165) is 11.1 Å². The minimum absolute atomic E-state index is 0. The Morgan fingerprint density at radius 2 is 1.38 bits per heavy atom. The van der Waals surface area contributed by atoms with Crippen molar-refractivity contribution in [3.8, 4) is 28.0 Å². The fourth-order valence-corrected chi connectivity index (χ4v) is 7.96. The van der Waals surface area contributed by atoms with Crippen molar-refractivity contribution in [2.24, 2.45) is 0 Å². The zero-order valence-electron chi connectivity index (χ0n) is 30.9. The van der Waals surface area contributed by atoms with E-state index in [1.165, 1.54) is 109 Å². The second kappa shape index (κ2) is 19.7. The summed E-state index contributed by atoms with van der Waals surface area (Å²) in [6.07, 6.45) is 13.6. The summed E-state index contributed by atoms with van der Waals surface area (Å²) in [5.41, 5.74) is 13.2. The molecule has 1 aliphatic heterocycles. The number of halogens is 2. The molecule has 1 heterocycles. The molecule has 1 atom stereocenters. The molecular weight excluding hydrogens is 705 g/mol. The maximum atomic E-state index is 10.5. The number of hydrogen-bond donors (Lipinski definition) is 1. The van der Waals surface area contributed by atoms with Crippen LogP contribution in [0.3, 0.4) is 0 Å². The van der Waals surface area contributed by atoms with Crippen LogP contribution in [0.5, 0.6) is 5.75 Å². The maximum absolute atomic E-state index is 10.5. The molecule has 0 spiro atoms. The van der Waals surface area contributed by atoms with Crippen molar-refractivity contribution in [3.63, 3.8) is 0 Å². The van der Waals surface area contributed by atoms with Crippen LogP contribution >= 0.6 is 24.8 Å². The zero-order chi connectivity index (χ0) is 34.3. The Labute approximate surface area is 327 Å². The molecule has 2 nitrogen and oxygen atoms in total. The van der Waals surface area contributed by atoms with E-state index in [0.29, 0.717) is 11.8 Å². The number of nitrogens with zero attached hydrogens (tertiary/aromatic N) is 1. The van der Waals surface area contributed by atoms with Crippen molar-refractivity contribution in [1.82, 2.24) is 4.90 Å². The second-order valence-electron chi connectivity index (χ2n) is 14.2. The summed E-state index contributed by atoms with van der Waals surface area (Å²) in [4.78, 5) is 2.59. The van der Waals surface area contributed by atoms with E-state index in [2.05, 4.69) is 144 Å². The molecule has 1 saturated heterocycles. The second-order valence-corrected chi connectivity index (χ2v) is 20.8. The predicted octanol–water partition coefficient (Wildman–Crippen LogP) is 12.6. The van der Waals surface area contributed by atoms with Crippen LogP contribution in [0.2, 0.25) is 13.1 Å². The standard InChI is InChI=1S/C28H32O.C14H16N.C2H6Si.2ClH.Ti/c1-4-6-16-28(17-7-5-2)25-11-9-8-10-22(25)23-14-13-21(19-26(23)28)24-18-20(3)12-15-27(24)29;1-11-10-12-6-2-3-7-13(12)14(11)15-8-4-5-9-15;1-3-2;;;/h8-15,18-19,29H,4-7,16-17H2,1-3H3;2-3,6-7,14H,4-5,8-9H2,1H3;1-2H3;2*1H;/q;-1;;;;+1. The first-order valence-electron chi connectivity index (χ1n) is 18.2. The SMILES string of the molecule is CC1=[C-]c2ccccc2C1N1CCCC1.CCCCC1(CCCC)c2ccccc2-c2ccc(-c3cc(C)ccc3O)cc21.C[Si](C)=[Ti+].Cl.Cl. The number of aryl methyl sites for hydroxylation is 1. The van der Waals surface area contributed by atoms with Gasteiger partial charge in [-0.3, -0.25) is 0 Å². The van der Waals surface area contributed by atoms with Gasteiger partial charge >= 0.3 is 38.5 Å². The monoisotopic (exact) mass is 760 g/mol. The van der Waals surface area contributed by atoms with Crippen molar-refractivity contribution in [2.45, 2.75) is 104 Å². The molecule has 0 aromatic heterocycles. The number of phenolic OH excluding ortho intramolecular Hbond substituents is 1. The number of hydrogen-bond acceptors (Lipinski definition) is 2. The number of rotatable bonds is 8. The van der Waals surface area contributed by atoms with E-state index in [1.807, 2.05) is 12.1 Å². The van der Waals surface area contributed by atoms with Gasteiger partial charge in [0.25, 0.3) is 0 Å². The van der Waals surface area contributed by atoms with Gasteiger partial charge in [-0.05, 0) is 91.7 Å². The molecule has 4 aromatic carbocycles. The fraction of sp³-hybridized carbons (Fsp3) is 0.409. The first-order valence-corrected chi connectivity index (χ1v) is 23.0. The topological polar surface area (TPSA) is 23.5 Å². The minimum Gasteiger partial charge on any atom is -0.147 e. The van der Waals surface area contributed by atoms with E-state index in [4.69, 9.17) is 0 Å². The van der Waals surface area contributed by atoms with Gasteiger partial charge < -0.3 is 10.0 Å². The van der Waals surface area contributed by atoms with Gasteiger partial charge in [0.1, 0.15) is 5.75 Å². The molecule has 0 saturated carbocycles. The summed E-state index contributed by atoms with van der Waals surface area (Å²) in [7, 11) is 0. The summed E-state index contributed by atoms with van der Waals surface area (Å²) < 4.78 is 0. The van der Waals surface area contributed by atoms with Gasteiger partial charge in [0, 0.05) is 17.0 Å². The van der Waals surface area contributed by atoms with Crippen molar-refractivity contribution >= 4 is 31.0 Å². The fourth-order valence-electron chi connectivity index (χ4n) is 7.96.